The Morgan fingerprint density at radius 3 is 2.69 bits per heavy atom. The Morgan fingerprint density at radius 1 is 1.38 bits per heavy atom. The summed E-state index contributed by atoms with van der Waals surface area (Å²) in [6.45, 7) is 8.29. The Balaban J connectivity index is 1.96. The van der Waals surface area contributed by atoms with E-state index in [1.807, 2.05) is 0 Å². The van der Waals surface area contributed by atoms with Gasteiger partial charge < -0.3 is 9.84 Å². The van der Waals surface area contributed by atoms with Crippen LogP contribution in [0.2, 0.25) is 0 Å². The molecule has 0 amide bonds. The lowest BCUT2D eigenvalue weighted by atomic mass is 9.82. The molecule has 2 heterocycles. The minimum absolute atomic E-state index is 0.182. The molecule has 2 aliphatic rings. The highest BCUT2D eigenvalue weighted by Gasteiger charge is 2.40. The summed E-state index contributed by atoms with van der Waals surface area (Å²) in [5, 5.41) is 10.0. The number of hydrogen-bond donors (Lipinski definition) is 1. The van der Waals surface area contributed by atoms with Crippen molar-refractivity contribution in [3.05, 3.63) is 0 Å². The maximum Gasteiger partial charge on any atom is 0.0739 e. The molecule has 2 saturated heterocycles. The van der Waals surface area contributed by atoms with Crippen LogP contribution < -0.4 is 0 Å². The first kappa shape index (κ1) is 12.3. The molecule has 2 unspecified atom stereocenters. The first-order chi connectivity index (χ1) is 7.71. The summed E-state index contributed by atoms with van der Waals surface area (Å²) >= 11 is 0. The molecule has 0 aromatic carbocycles. The molecule has 16 heavy (non-hydrogen) atoms. The largest absolute Gasteiger partial charge is 0.391 e. The fraction of sp³-hybridized carbons (Fsp3) is 1.00. The molecule has 0 aromatic heterocycles. The molecular formula is C13H25NO2. The first-order valence-corrected chi connectivity index (χ1v) is 6.70. The number of aliphatic hydroxyl groups excluding tert-OH is 1. The SMILES string of the molecule is CCC1(CC)CCN(C2COCCC2O)C1. The van der Waals surface area contributed by atoms with Crippen molar-refractivity contribution < 1.29 is 9.84 Å². The molecule has 0 spiro atoms. The molecule has 2 fully saturated rings. The lowest BCUT2D eigenvalue weighted by Gasteiger charge is -2.36. The molecule has 0 radical (unpaired) electrons. The Morgan fingerprint density at radius 2 is 2.12 bits per heavy atom. The average molecular weight is 227 g/mol. The van der Waals surface area contributed by atoms with Gasteiger partial charge in [0.15, 0.2) is 0 Å². The highest BCUT2D eigenvalue weighted by atomic mass is 16.5. The zero-order chi connectivity index (χ0) is 11.6. The van der Waals surface area contributed by atoms with Gasteiger partial charge in [-0.05, 0) is 37.6 Å². The fourth-order valence-electron chi connectivity index (χ4n) is 3.14. The van der Waals surface area contributed by atoms with E-state index >= 15 is 0 Å². The summed E-state index contributed by atoms with van der Waals surface area (Å²) in [6.07, 6.45) is 4.40. The summed E-state index contributed by atoms with van der Waals surface area (Å²) in [7, 11) is 0. The van der Waals surface area contributed by atoms with Gasteiger partial charge in [-0.3, -0.25) is 4.90 Å². The molecule has 2 aliphatic heterocycles. The van der Waals surface area contributed by atoms with Gasteiger partial charge in [-0.1, -0.05) is 13.8 Å². The molecule has 0 bridgehead atoms. The number of likely N-dealkylation sites (tertiary alicyclic amines) is 1. The highest BCUT2D eigenvalue weighted by molar-refractivity contribution is 4.93. The summed E-state index contributed by atoms with van der Waals surface area (Å²) in [5.74, 6) is 0. The van der Waals surface area contributed by atoms with Gasteiger partial charge in [-0.15, -0.1) is 0 Å². The van der Waals surface area contributed by atoms with Gasteiger partial charge in [0.1, 0.15) is 0 Å². The second-order valence-electron chi connectivity index (χ2n) is 5.43. The quantitative estimate of drug-likeness (QED) is 0.795. The predicted octanol–water partition coefficient (Wildman–Crippen LogP) is 1.65. The van der Waals surface area contributed by atoms with Gasteiger partial charge >= 0.3 is 0 Å². The van der Waals surface area contributed by atoms with Gasteiger partial charge in [0.25, 0.3) is 0 Å². The second-order valence-corrected chi connectivity index (χ2v) is 5.43. The molecule has 94 valence electrons. The Bertz CT molecular complexity index is 228. The zero-order valence-corrected chi connectivity index (χ0v) is 10.6. The average Bonchev–Trinajstić information content (AvgIpc) is 2.75. The highest BCUT2D eigenvalue weighted by Crippen LogP contribution is 2.38. The van der Waals surface area contributed by atoms with E-state index in [1.165, 1.54) is 19.3 Å². The van der Waals surface area contributed by atoms with Crippen molar-refractivity contribution in [3.8, 4) is 0 Å². The number of ether oxygens (including phenoxy) is 1. The van der Waals surface area contributed by atoms with Crippen LogP contribution in [0.5, 0.6) is 0 Å². The Kier molecular flexibility index (Phi) is 3.88. The van der Waals surface area contributed by atoms with Gasteiger partial charge in [-0.25, -0.2) is 0 Å². The van der Waals surface area contributed by atoms with E-state index in [4.69, 9.17) is 4.74 Å². The number of aliphatic hydroxyl groups is 1. The van der Waals surface area contributed by atoms with E-state index in [9.17, 15) is 5.11 Å². The monoisotopic (exact) mass is 227 g/mol. The van der Waals surface area contributed by atoms with Crippen LogP contribution in [0.1, 0.15) is 39.5 Å². The van der Waals surface area contributed by atoms with Crippen LogP contribution in [0.25, 0.3) is 0 Å². The predicted molar refractivity (Wildman–Crippen MR) is 64.4 cm³/mol. The van der Waals surface area contributed by atoms with E-state index < -0.39 is 0 Å². The van der Waals surface area contributed by atoms with Crippen molar-refractivity contribution in [2.45, 2.75) is 51.7 Å². The van der Waals surface area contributed by atoms with Crippen molar-refractivity contribution in [1.82, 2.24) is 4.90 Å². The second kappa shape index (κ2) is 5.03. The van der Waals surface area contributed by atoms with E-state index in [0.717, 1.165) is 26.1 Å². The Labute approximate surface area is 98.8 Å². The normalized spacial score (nSPS) is 35.4. The maximum absolute atomic E-state index is 10.0. The lowest BCUT2D eigenvalue weighted by molar-refractivity contribution is -0.0577. The third kappa shape index (κ3) is 2.27. The van der Waals surface area contributed by atoms with Crippen LogP contribution in [0.15, 0.2) is 0 Å². The lowest BCUT2D eigenvalue weighted by Crippen LogP contribution is -2.49. The van der Waals surface area contributed by atoms with E-state index in [2.05, 4.69) is 18.7 Å². The van der Waals surface area contributed by atoms with Crippen molar-refractivity contribution >= 4 is 0 Å². The maximum atomic E-state index is 10.0. The number of rotatable bonds is 3. The van der Waals surface area contributed by atoms with Crippen molar-refractivity contribution in [1.29, 1.82) is 0 Å². The van der Waals surface area contributed by atoms with Crippen LogP contribution in [0.4, 0.5) is 0 Å². The third-order valence-electron chi connectivity index (χ3n) is 4.73. The molecule has 3 heteroatoms. The van der Waals surface area contributed by atoms with E-state index in [-0.39, 0.29) is 12.1 Å². The molecule has 3 nitrogen and oxygen atoms in total. The van der Waals surface area contributed by atoms with Gasteiger partial charge in [0.05, 0.1) is 18.8 Å². The van der Waals surface area contributed by atoms with Crippen LogP contribution in [-0.4, -0.2) is 48.5 Å². The topological polar surface area (TPSA) is 32.7 Å². The van der Waals surface area contributed by atoms with Crippen LogP contribution in [-0.2, 0) is 4.74 Å². The smallest absolute Gasteiger partial charge is 0.0739 e. The Hall–Kier alpha value is -0.120. The summed E-state index contributed by atoms with van der Waals surface area (Å²) in [6, 6.07) is 0.244. The molecular weight excluding hydrogens is 202 g/mol. The van der Waals surface area contributed by atoms with Gasteiger partial charge in [0, 0.05) is 13.2 Å². The number of hydrogen-bond acceptors (Lipinski definition) is 3. The van der Waals surface area contributed by atoms with Crippen molar-refractivity contribution in [2.24, 2.45) is 5.41 Å². The minimum atomic E-state index is -0.182. The van der Waals surface area contributed by atoms with Crippen LogP contribution in [0.3, 0.4) is 0 Å². The van der Waals surface area contributed by atoms with Gasteiger partial charge in [-0.2, -0.15) is 0 Å². The summed E-state index contributed by atoms with van der Waals surface area (Å²) in [5.41, 5.74) is 0.497. The summed E-state index contributed by atoms with van der Waals surface area (Å²) in [4.78, 5) is 2.46. The van der Waals surface area contributed by atoms with E-state index in [1.54, 1.807) is 0 Å². The molecule has 0 aliphatic carbocycles. The molecule has 1 N–H and O–H groups in total. The molecule has 0 saturated carbocycles. The molecule has 0 aromatic rings. The standard InChI is InChI=1S/C13H25NO2/c1-3-13(4-2)6-7-14(10-13)11-9-16-8-5-12(11)15/h11-12,15H,3-10H2,1-2H3. The van der Waals surface area contributed by atoms with Crippen molar-refractivity contribution in [3.63, 3.8) is 0 Å². The first-order valence-electron chi connectivity index (χ1n) is 6.70. The minimum Gasteiger partial charge on any atom is -0.391 e. The van der Waals surface area contributed by atoms with Crippen LogP contribution in [0, 0.1) is 5.41 Å². The molecule has 2 rings (SSSR count). The molecule has 2 atom stereocenters. The van der Waals surface area contributed by atoms with Crippen molar-refractivity contribution in [2.75, 3.05) is 26.3 Å². The van der Waals surface area contributed by atoms with E-state index in [0.29, 0.717) is 12.0 Å². The third-order valence-corrected chi connectivity index (χ3v) is 4.73. The van der Waals surface area contributed by atoms with Gasteiger partial charge in [0.2, 0.25) is 0 Å². The fourth-order valence-corrected chi connectivity index (χ4v) is 3.14. The summed E-state index contributed by atoms with van der Waals surface area (Å²) < 4.78 is 5.50. The zero-order valence-electron chi connectivity index (χ0n) is 10.6. The van der Waals surface area contributed by atoms with Crippen LogP contribution >= 0.6 is 0 Å². The number of nitrogens with zero attached hydrogens (tertiary/aromatic N) is 1.